The zero-order valence-corrected chi connectivity index (χ0v) is 16.2. The number of rotatable bonds is 4. The van der Waals surface area contributed by atoms with E-state index in [0.29, 0.717) is 11.4 Å². The van der Waals surface area contributed by atoms with Gasteiger partial charge in [0.15, 0.2) is 0 Å². The maximum atomic E-state index is 12.6. The summed E-state index contributed by atoms with van der Waals surface area (Å²) < 4.78 is 1.77. The molecule has 3 rings (SSSR count). The summed E-state index contributed by atoms with van der Waals surface area (Å²) in [6.45, 7) is 0. The molecule has 0 aliphatic carbocycles. The number of carbonyl (C=O) groups excluding carboxylic acids is 1. The van der Waals surface area contributed by atoms with Gasteiger partial charge in [0.1, 0.15) is 10.8 Å². The monoisotopic (exact) mass is 463 g/mol. The fraction of sp³-hybridized carbons (Fsp3) is 0. The van der Waals surface area contributed by atoms with Gasteiger partial charge in [-0.2, -0.15) is 0 Å². The Labute approximate surface area is 160 Å². The number of nitrogens with zero attached hydrogens (tertiary/aromatic N) is 2. The molecule has 0 saturated heterocycles. The Morgan fingerprint density at radius 3 is 2.29 bits per heavy atom. The van der Waals surface area contributed by atoms with Gasteiger partial charge in [-0.3, -0.25) is 4.79 Å². The smallest absolute Gasteiger partial charge is 0.257 e. The third-order valence-electron chi connectivity index (χ3n) is 3.02. The Morgan fingerprint density at radius 2 is 1.62 bits per heavy atom. The van der Waals surface area contributed by atoms with Crippen molar-refractivity contribution in [3.05, 3.63) is 75.4 Å². The van der Waals surface area contributed by atoms with E-state index in [9.17, 15) is 4.79 Å². The Morgan fingerprint density at radius 1 is 0.917 bits per heavy atom. The van der Waals surface area contributed by atoms with E-state index in [2.05, 4.69) is 47.1 Å². The number of aromatic nitrogens is 2. The summed E-state index contributed by atoms with van der Waals surface area (Å²) in [5, 5.41) is 3.63. The molecule has 2 aromatic heterocycles. The molecule has 0 saturated carbocycles. The molecule has 0 fully saturated rings. The number of hydrogen-bond acceptors (Lipinski definition) is 4. The predicted octanol–water partition coefficient (Wildman–Crippen LogP) is 5.41. The molecule has 0 spiro atoms. The zero-order chi connectivity index (χ0) is 16.9. The quantitative estimate of drug-likeness (QED) is 0.561. The van der Waals surface area contributed by atoms with E-state index in [-0.39, 0.29) is 5.91 Å². The highest BCUT2D eigenvalue weighted by Crippen LogP contribution is 2.30. The van der Waals surface area contributed by atoms with Crippen LogP contribution in [-0.4, -0.2) is 15.9 Å². The molecule has 24 heavy (non-hydrogen) atoms. The van der Waals surface area contributed by atoms with Crippen molar-refractivity contribution in [1.29, 1.82) is 0 Å². The maximum absolute atomic E-state index is 12.6. The summed E-state index contributed by atoms with van der Waals surface area (Å²) in [5.41, 5.74) is 0.580. The Kier molecular flexibility index (Phi) is 5.65. The number of hydrogen-bond donors (Lipinski definition) is 1. The lowest BCUT2D eigenvalue weighted by Gasteiger charge is -2.09. The van der Waals surface area contributed by atoms with Gasteiger partial charge in [0.05, 0.1) is 5.56 Å². The Bertz CT molecular complexity index is 854. The number of halogens is 2. The number of pyridine rings is 2. The molecule has 0 aliphatic heterocycles. The van der Waals surface area contributed by atoms with Gasteiger partial charge in [0.2, 0.25) is 0 Å². The van der Waals surface area contributed by atoms with E-state index in [1.807, 2.05) is 36.4 Å². The van der Waals surface area contributed by atoms with Gasteiger partial charge >= 0.3 is 0 Å². The van der Waals surface area contributed by atoms with Crippen LogP contribution in [0.5, 0.6) is 0 Å². The lowest BCUT2D eigenvalue weighted by atomic mass is 10.2. The van der Waals surface area contributed by atoms with E-state index in [1.165, 1.54) is 11.8 Å². The van der Waals surface area contributed by atoms with E-state index in [4.69, 9.17) is 0 Å². The lowest BCUT2D eigenvalue weighted by Crippen LogP contribution is -2.13. The summed E-state index contributed by atoms with van der Waals surface area (Å²) in [5.74, 6) is 0.301. The standard InChI is InChI=1S/C17H11Br2N3OS/c18-11-5-7-15(20-9-11)22-17(23)13-3-1-2-4-14(13)24-16-8-6-12(19)10-21-16/h1-10H,(H,20,22,23). The average molecular weight is 465 g/mol. The van der Waals surface area contributed by atoms with Crippen LogP contribution in [0.1, 0.15) is 10.4 Å². The summed E-state index contributed by atoms with van der Waals surface area (Å²) in [6, 6.07) is 14.8. The first-order chi connectivity index (χ1) is 11.6. The lowest BCUT2D eigenvalue weighted by molar-refractivity contribution is 0.102. The molecule has 7 heteroatoms. The number of carbonyl (C=O) groups is 1. The second kappa shape index (κ2) is 7.92. The fourth-order valence-corrected chi connectivity index (χ4v) is 3.27. The first kappa shape index (κ1) is 17.1. The van der Waals surface area contributed by atoms with Crippen LogP contribution in [0.2, 0.25) is 0 Å². The topological polar surface area (TPSA) is 54.9 Å². The predicted molar refractivity (Wildman–Crippen MR) is 102 cm³/mol. The molecule has 0 bridgehead atoms. The first-order valence-corrected chi connectivity index (χ1v) is 9.33. The molecule has 2 heterocycles. The van der Waals surface area contributed by atoms with Crippen LogP contribution < -0.4 is 5.32 Å². The summed E-state index contributed by atoms with van der Waals surface area (Å²) in [7, 11) is 0. The van der Waals surface area contributed by atoms with Crippen LogP contribution in [0.4, 0.5) is 5.82 Å². The Balaban J connectivity index is 1.81. The molecule has 0 aliphatic rings. The molecule has 4 nitrogen and oxygen atoms in total. The summed E-state index contributed by atoms with van der Waals surface area (Å²) >= 11 is 8.13. The van der Waals surface area contributed by atoms with Crippen molar-refractivity contribution >= 4 is 55.3 Å². The van der Waals surface area contributed by atoms with Crippen molar-refractivity contribution in [3.8, 4) is 0 Å². The average Bonchev–Trinajstić information content (AvgIpc) is 2.59. The first-order valence-electron chi connectivity index (χ1n) is 6.93. The molecule has 0 radical (unpaired) electrons. The second-order valence-corrected chi connectivity index (χ2v) is 7.62. The molecular weight excluding hydrogens is 454 g/mol. The van der Waals surface area contributed by atoms with Crippen molar-refractivity contribution in [2.45, 2.75) is 9.92 Å². The van der Waals surface area contributed by atoms with Crippen LogP contribution in [-0.2, 0) is 0 Å². The number of amides is 1. The van der Waals surface area contributed by atoms with E-state index < -0.39 is 0 Å². The fourth-order valence-electron chi connectivity index (χ4n) is 1.91. The minimum Gasteiger partial charge on any atom is -0.307 e. The van der Waals surface area contributed by atoms with E-state index in [1.54, 1.807) is 24.5 Å². The van der Waals surface area contributed by atoms with Crippen molar-refractivity contribution in [2.75, 3.05) is 5.32 Å². The van der Waals surface area contributed by atoms with Crippen LogP contribution in [0.3, 0.4) is 0 Å². The number of nitrogens with one attached hydrogen (secondary N) is 1. The van der Waals surface area contributed by atoms with E-state index >= 15 is 0 Å². The van der Waals surface area contributed by atoms with Crippen molar-refractivity contribution in [1.82, 2.24) is 9.97 Å². The van der Waals surface area contributed by atoms with Gasteiger partial charge in [0, 0.05) is 26.2 Å². The van der Waals surface area contributed by atoms with Gasteiger partial charge < -0.3 is 5.32 Å². The minimum absolute atomic E-state index is 0.204. The van der Waals surface area contributed by atoms with E-state index in [0.717, 1.165) is 18.9 Å². The highest BCUT2D eigenvalue weighted by molar-refractivity contribution is 9.10. The minimum atomic E-state index is -0.204. The highest BCUT2D eigenvalue weighted by atomic mass is 79.9. The van der Waals surface area contributed by atoms with Crippen molar-refractivity contribution < 1.29 is 4.79 Å². The largest absolute Gasteiger partial charge is 0.307 e. The summed E-state index contributed by atoms with van der Waals surface area (Å²) in [4.78, 5) is 21.9. The molecule has 120 valence electrons. The van der Waals surface area contributed by atoms with Crippen LogP contribution in [0, 0.1) is 0 Å². The molecule has 1 aromatic carbocycles. The third-order valence-corrected chi connectivity index (χ3v) is 4.98. The second-order valence-electron chi connectivity index (χ2n) is 4.73. The molecule has 1 amide bonds. The van der Waals surface area contributed by atoms with Gasteiger partial charge in [-0.05, 0) is 68.3 Å². The molecule has 3 aromatic rings. The van der Waals surface area contributed by atoms with Gasteiger partial charge in [-0.1, -0.05) is 23.9 Å². The maximum Gasteiger partial charge on any atom is 0.257 e. The SMILES string of the molecule is O=C(Nc1ccc(Br)cn1)c1ccccc1Sc1ccc(Br)cn1. The molecular formula is C17H11Br2N3OS. The number of anilines is 1. The van der Waals surface area contributed by atoms with Crippen molar-refractivity contribution in [3.63, 3.8) is 0 Å². The van der Waals surface area contributed by atoms with Gasteiger partial charge in [0.25, 0.3) is 5.91 Å². The zero-order valence-electron chi connectivity index (χ0n) is 12.2. The Hall–Kier alpha value is -1.70. The normalized spacial score (nSPS) is 10.4. The van der Waals surface area contributed by atoms with Crippen LogP contribution in [0.15, 0.2) is 79.8 Å². The highest BCUT2D eigenvalue weighted by Gasteiger charge is 2.13. The summed E-state index contributed by atoms with van der Waals surface area (Å²) in [6.07, 6.45) is 3.37. The van der Waals surface area contributed by atoms with Crippen LogP contribution >= 0.6 is 43.6 Å². The number of benzene rings is 1. The molecule has 1 N–H and O–H groups in total. The van der Waals surface area contributed by atoms with Gasteiger partial charge in [-0.15, -0.1) is 0 Å². The molecule has 0 unspecified atom stereocenters. The van der Waals surface area contributed by atoms with Gasteiger partial charge in [-0.25, -0.2) is 9.97 Å². The third kappa shape index (κ3) is 4.43. The van der Waals surface area contributed by atoms with Crippen LogP contribution in [0.25, 0.3) is 0 Å². The molecule has 0 atom stereocenters. The van der Waals surface area contributed by atoms with Crippen molar-refractivity contribution in [2.24, 2.45) is 0 Å².